The van der Waals surface area contributed by atoms with Crippen LogP contribution in [0.25, 0.3) is 10.9 Å². The summed E-state index contributed by atoms with van der Waals surface area (Å²) in [7, 11) is 1.40. The van der Waals surface area contributed by atoms with Crippen molar-refractivity contribution in [3.8, 4) is 0 Å². The molecule has 6 heteroatoms. The molecule has 0 spiro atoms. The Morgan fingerprint density at radius 1 is 1.17 bits per heavy atom. The van der Waals surface area contributed by atoms with Gasteiger partial charge in [0.15, 0.2) is 0 Å². The van der Waals surface area contributed by atoms with Crippen molar-refractivity contribution in [1.29, 1.82) is 0 Å². The molecular formula is C23H25N3O3. The molecule has 2 heterocycles. The SMILES string of the molecule is COC(=O)[C@H](Cc1ccccc1)N1CC(=O)N[C@@H](Cc2c[nH]c3ccccc23)C1. The second kappa shape index (κ2) is 8.49. The lowest BCUT2D eigenvalue weighted by Gasteiger charge is -2.37. The topological polar surface area (TPSA) is 74.4 Å². The number of hydrogen-bond acceptors (Lipinski definition) is 4. The molecule has 1 aliphatic rings. The first-order chi connectivity index (χ1) is 14.1. The second-order valence-electron chi connectivity index (χ2n) is 7.49. The smallest absolute Gasteiger partial charge is 0.323 e. The van der Waals surface area contributed by atoms with E-state index in [1.807, 2.05) is 59.6 Å². The van der Waals surface area contributed by atoms with Crippen LogP contribution in [0.15, 0.2) is 60.8 Å². The van der Waals surface area contributed by atoms with Crippen molar-refractivity contribution in [1.82, 2.24) is 15.2 Å². The molecule has 2 atom stereocenters. The third-order valence-corrected chi connectivity index (χ3v) is 5.49. The lowest BCUT2D eigenvalue weighted by molar-refractivity contribution is -0.148. The highest BCUT2D eigenvalue weighted by Gasteiger charge is 2.34. The minimum atomic E-state index is -0.487. The number of methoxy groups -OCH3 is 1. The first kappa shape index (κ1) is 19.2. The molecule has 0 unspecified atom stereocenters. The molecule has 0 saturated carbocycles. The maximum Gasteiger partial charge on any atom is 0.323 e. The van der Waals surface area contributed by atoms with E-state index in [-0.39, 0.29) is 24.5 Å². The van der Waals surface area contributed by atoms with Gasteiger partial charge < -0.3 is 15.0 Å². The largest absolute Gasteiger partial charge is 0.468 e. The van der Waals surface area contributed by atoms with Crippen molar-refractivity contribution in [3.63, 3.8) is 0 Å². The number of fused-ring (bicyclic) bond motifs is 1. The summed E-state index contributed by atoms with van der Waals surface area (Å²) >= 11 is 0. The zero-order chi connectivity index (χ0) is 20.2. The number of carbonyl (C=O) groups is 2. The number of nitrogens with one attached hydrogen (secondary N) is 2. The Balaban J connectivity index is 1.53. The van der Waals surface area contributed by atoms with Crippen LogP contribution >= 0.6 is 0 Å². The van der Waals surface area contributed by atoms with Gasteiger partial charge in [0, 0.05) is 29.7 Å². The monoisotopic (exact) mass is 391 g/mol. The van der Waals surface area contributed by atoms with Crippen LogP contribution in [-0.2, 0) is 27.2 Å². The molecule has 0 aliphatic carbocycles. The quantitative estimate of drug-likeness (QED) is 0.633. The van der Waals surface area contributed by atoms with Crippen LogP contribution in [0, 0.1) is 0 Å². The fourth-order valence-corrected chi connectivity index (χ4v) is 4.10. The van der Waals surface area contributed by atoms with E-state index in [9.17, 15) is 9.59 Å². The average molecular weight is 391 g/mol. The van der Waals surface area contributed by atoms with Crippen LogP contribution in [0.3, 0.4) is 0 Å². The molecule has 150 valence electrons. The lowest BCUT2D eigenvalue weighted by atomic mass is 9.99. The predicted molar refractivity (Wildman–Crippen MR) is 111 cm³/mol. The van der Waals surface area contributed by atoms with Crippen LogP contribution in [0.1, 0.15) is 11.1 Å². The van der Waals surface area contributed by atoms with E-state index in [1.54, 1.807) is 0 Å². The van der Waals surface area contributed by atoms with E-state index < -0.39 is 6.04 Å². The van der Waals surface area contributed by atoms with Gasteiger partial charge in [-0.1, -0.05) is 48.5 Å². The fourth-order valence-electron chi connectivity index (χ4n) is 4.10. The number of ether oxygens (including phenoxy) is 1. The van der Waals surface area contributed by atoms with Gasteiger partial charge in [-0.2, -0.15) is 0 Å². The Morgan fingerprint density at radius 2 is 1.93 bits per heavy atom. The molecule has 2 N–H and O–H groups in total. The number of H-pyrrole nitrogens is 1. The maximum atomic E-state index is 12.5. The van der Waals surface area contributed by atoms with Crippen molar-refractivity contribution in [3.05, 3.63) is 71.9 Å². The first-order valence-corrected chi connectivity index (χ1v) is 9.84. The maximum absolute atomic E-state index is 12.5. The van der Waals surface area contributed by atoms with E-state index in [1.165, 1.54) is 7.11 Å². The molecule has 6 nitrogen and oxygen atoms in total. The minimum Gasteiger partial charge on any atom is -0.468 e. The number of aromatic amines is 1. The van der Waals surface area contributed by atoms with E-state index >= 15 is 0 Å². The summed E-state index contributed by atoms with van der Waals surface area (Å²) in [5.74, 6) is -0.377. The van der Waals surface area contributed by atoms with Crippen molar-refractivity contribution in [2.75, 3.05) is 20.2 Å². The van der Waals surface area contributed by atoms with Gasteiger partial charge in [0.05, 0.1) is 13.7 Å². The third kappa shape index (κ3) is 4.32. The molecule has 1 fully saturated rings. The normalized spacial score (nSPS) is 18.4. The number of hydrogen-bond donors (Lipinski definition) is 2. The number of piperazine rings is 1. The Kier molecular flexibility index (Phi) is 5.62. The number of para-hydroxylation sites is 1. The van der Waals surface area contributed by atoms with Crippen molar-refractivity contribution in [2.45, 2.75) is 24.9 Å². The molecule has 0 radical (unpaired) electrons. The van der Waals surface area contributed by atoms with Gasteiger partial charge in [-0.3, -0.25) is 14.5 Å². The van der Waals surface area contributed by atoms with Crippen LogP contribution < -0.4 is 5.32 Å². The number of benzene rings is 2. The summed E-state index contributed by atoms with van der Waals surface area (Å²) in [4.78, 5) is 30.2. The molecule has 1 amide bonds. The molecule has 3 aromatic rings. The highest BCUT2D eigenvalue weighted by atomic mass is 16.5. The number of nitrogens with zero attached hydrogens (tertiary/aromatic N) is 1. The molecule has 1 aliphatic heterocycles. The Bertz CT molecular complexity index is 999. The van der Waals surface area contributed by atoms with Crippen LogP contribution in [0.5, 0.6) is 0 Å². The molecule has 1 aromatic heterocycles. The number of rotatable bonds is 6. The van der Waals surface area contributed by atoms with Crippen molar-refractivity contribution in [2.24, 2.45) is 0 Å². The van der Waals surface area contributed by atoms with Crippen molar-refractivity contribution >= 4 is 22.8 Å². The molecule has 1 saturated heterocycles. The molecule has 0 bridgehead atoms. The molecular weight excluding hydrogens is 366 g/mol. The first-order valence-electron chi connectivity index (χ1n) is 9.84. The van der Waals surface area contributed by atoms with Gasteiger partial charge in [-0.15, -0.1) is 0 Å². The third-order valence-electron chi connectivity index (χ3n) is 5.49. The summed E-state index contributed by atoms with van der Waals surface area (Å²) in [6.07, 6.45) is 3.21. The number of carbonyl (C=O) groups excluding carboxylic acids is 2. The highest BCUT2D eigenvalue weighted by Crippen LogP contribution is 2.21. The summed E-state index contributed by atoms with van der Waals surface area (Å²) in [5.41, 5.74) is 3.28. The average Bonchev–Trinajstić information content (AvgIpc) is 3.14. The summed E-state index contributed by atoms with van der Waals surface area (Å²) in [6, 6.07) is 17.4. The predicted octanol–water partition coefficient (Wildman–Crippen LogP) is 2.30. The van der Waals surface area contributed by atoms with E-state index in [0.717, 1.165) is 22.0 Å². The van der Waals surface area contributed by atoms with Crippen LogP contribution in [0.2, 0.25) is 0 Å². The second-order valence-corrected chi connectivity index (χ2v) is 7.49. The Hall–Kier alpha value is -3.12. The highest BCUT2D eigenvalue weighted by molar-refractivity contribution is 5.84. The van der Waals surface area contributed by atoms with Gasteiger partial charge in [0.25, 0.3) is 0 Å². The molecule has 2 aromatic carbocycles. The van der Waals surface area contributed by atoms with E-state index in [0.29, 0.717) is 19.4 Å². The molecule has 4 rings (SSSR count). The van der Waals surface area contributed by atoms with Gasteiger partial charge >= 0.3 is 5.97 Å². The fraction of sp³-hybridized carbons (Fsp3) is 0.304. The van der Waals surface area contributed by atoms with Crippen LogP contribution in [0.4, 0.5) is 0 Å². The van der Waals surface area contributed by atoms with Crippen LogP contribution in [-0.4, -0.2) is 54.0 Å². The zero-order valence-electron chi connectivity index (χ0n) is 16.4. The van der Waals surface area contributed by atoms with E-state index in [4.69, 9.17) is 4.74 Å². The zero-order valence-corrected chi connectivity index (χ0v) is 16.4. The Labute approximate surface area is 169 Å². The lowest BCUT2D eigenvalue weighted by Crippen LogP contribution is -2.59. The summed E-state index contributed by atoms with van der Waals surface area (Å²) < 4.78 is 5.05. The summed E-state index contributed by atoms with van der Waals surface area (Å²) in [6.45, 7) is 0.787. The number of amides is 1. The number of esters is 1. The number of aromatic nitrogens is 1. The molecule has 29 heavy (non-hydrogen) atoms. The summed E-state index contributed by atoms with van der Waals surface area (Å²) in [5, 5.41) is 4.24. The minimum absolute atomic E-state index is 0.0666. The van der Waals surface area contributed by atoms with Gasteiger partial charge in [0.1, 0.15) is 6.04 Å². The van der Waals surface area contributed by atoms with Gasteiger partial charge in [0.2, 0.25) is 5.91 Å². The van der Waals surface area contributed by atoms with Gasteiger partial charge in [-0.25, -0.2) is 0 Å². The van der Waals surface area contributed by atoms with E-state index in [2.05, 4.69) is 16.4 Å². The standard InChI is InChI=1S/C23H25N3O3/c1-29-23(28)21(11-16-7-3-2-4-8-16)26-14-18(25-22(27)15-26)12-17-13-24-20-10-6-5-9-19(17)20/h2-10,13,18,21,24H,11-12,14-15H2,1H3,(H,25,27)/t18-,21-/m0/s1. The van der Waals surface area contributed by atoms with Crippen molar-refractivity contribution < 1.29 is 14.3 Å². The Morgan fingerprint density at radius 3 is 2.72 bits per heavy atom. The van der Waals surface area contributed by atoms with Gasteiger partial charge in [-0.05, 0) is 30.0 Å².